The summed E-state index contributed by atoms with van der Waals surface area (Å²) in [5.41, 5.74) is 3.93. The van der Waals surface area contributed by atoms with Crippen LogP contribution in [0.5, 0.6) is 5.75 Å². The van der Waals surface area contributed by atoms with E-state index >= 15 is 0 Å². The molecule has 0 aliphatic rings. The van der Waals surface area contributed by atoms with E-state index in [0.29, 0.717) is 39.4 Å². The minimum atomic E-state index is -0.0473. The number of nitrogens with zero attached hydrogens (tertiary/aromatic N) is 2. The first-order valence-electron chi connectivity index (χ1n) is 11.5. The van der Waals surface area contributed by atoms with Gasteiger partial charge in [0.15, 0.2) is 10.9 Å². The van der Waals surface area contributed by atoms with Gasteiger partial charge in [-0.25, -0.2) is 0 Å². The molecule has 184 valence electrons. The number of carbonyl (C=O) groups is 1. The van der Waals surface area contributed by atoms with Crippen molar-refractivity contribution in [2.24, 2.45) is 0 Å². The van der Waals surface area contributed by atoms with Gasteiger partial charge in [0.05, 0.1) is 13.7 Å². The van der Waals surface area contributed by atoms with E-state index in [9.17, 15) is 4.79 Å². The Kier molecular flexibility index (Phi) is 7.45. The molecule has 0 unspecified atom stereocenters. The van der Waals surface area contributed by atoms with Gasteiger partial charge in [0, 0.05) is 22.4 Å². The molecule has 0 saturated carbocycles. The van der Waals surface area contributed by atoms with Gasteiger partial charge in [-0.2, -0.15) is 4.98 Å². The van der Waals surface area contributed by atoms with Crippen molar-refractivity contribution in [3.05, 3.63) is 95.4 Å². The van der Waals surface area contributed by atoms with Gasteiger partial charge in [0.1, 0.15) is 5.75 Å². The van der Waals surface area contributed by atoms with Crippen molar-refractivity contribution in [3.8, 4) is 17.1 Å². The zero-order valence-corrected chi connectivity index (χ0v) is 21.5. The second kappa shape index (κ2) is 10.7. The molecule has 1 heterocycles. The van der Waals surface area contributed by atoms with E-state index in [1.54, 1.807) is 19.2 Å². The number of hydrogen-bond acceptors (Lipinski definition) is 6. The molecule has 0 atom stereocenters. The molecule has 2 N–H and O–H groups in total. The quantitative estimate of drug-likeness (QED) is 0.245. The average molecular weight is 501 g/mol. The van der Waals surface area contributed by atoms with Gasteiger partial charge in [-0.15, -0.1) is 0 Å². The highest BCUT2D eigenvalue weighted by Gasteiger charge is 2.16. The molecule has 4 rings (SSSR count). The van der Waals surface area contributed by atoms with Crippen molar-refractivity contribution in [1.29, 1.82) is 0 Å². The Hall–Kier alpha value is -4.04. The van der Waals surface area contributed by atoms with E-state index in [1.165, 1.54) is 5.56 Å². The van der Waals surface area contributed by atoms with Crippen LogP contribution in [0.15, 0.2) is 77.3 Å². The number of anilines is 1. The molecule has 0 aliphatic heterocycles. The molecule has 8 heteroatoms. The van der Waals surface area contributed by atoms with Gasteiger partial charge in [-0.1, -0.05) is 74.5 Å². The fourth-order valence-electron chi connectivity index (χ4n) is 3.56. The minimum Gasteiger partial charge on any atom is -0.497 e. The molecule has 0 saturated heterocycles. The van der Waals surface area contributed by atoms with E-state index < -0.39 is 0 Å². The third-order valence-corrected chi connectivity index (χ3v) is 5.84. The molecular formula is C28H28N4O3S. The Morgan fingerprint density at radius 2 is 1.75 bits per heavy atom. The fourth-order valence-corrected chi connectivity index (χ4v) is 3.75. The van der Waals surface area contributed by atoms with Crippen LogP contribution in [0.2, 0.25) is 0 Å². The molecule has 1 aromatic heterocycles. The fraction of sp³-hybridized carbons (Fsp3) is 0.214. The van der Waals surface area contributed by atoms with Gasteiger partial charge in [0.2, 0.25) is 11.7 Å². The second-order valence-electron chi connectivity index (χ2n) is 9.29. The van der Waals surface area contributed by atoms with E-state index in [0.717, 1.165) is 5.56 Å². The summed E-state index contributed by atoms with van der Waals surface area (Å²) >= 11 is 5.41. The van der Waals surface area contributed by atoms with Gasteiger partial charge in [0.25, 0.3) is 0 Å². The Balaban J connectivity index is 1.36. The molecule has 36 heavy (non-hydrogen) atoms. The largest absolute Gasteiger partial charge is 0.497 e. The number of nitrogens with one attached hydrogen (secondary N) is 2. The SMILES string of the molecule is COc1cccc(-c2noc(CNC(=S)Nc3cccc(C(=O)c4ccc(C(C)(C)C)cc4)c3)n2)c1. The van der Waals surface area contributed by atoms with Crippen LogP contribution in [-0.4, -0.2) is 28.1 Å². The molecule has 0 bridgehead atoms. The summed E-state index contributed by atoms with van der Waals surface area (Å²) in [7, 11) is 1.61. The van der Waals surface area contributed by atoms with Gasteiger partial charge < -0.3 is 19.9 Å². The third-order valence-electron chi connectivity index (χ3n) is 5.59. The number of hydrogen-bond donors (Lipinski definition) is 2. The van der Waals surface area contributed by atoms with Crippen LogP contribution < -0.4 is 15.4 Å². The molecular weight excluding hydrogens is 472 g/mol. The van der Waals surface area contributed by atoms with Crippen LogP contribution in [0, 0.1) is 0 Å². The Morgan fingerprint density at radius 1 is 1.00 bits per heavy atom. The second-order valence-corrected chi connectivity index (χ2v) is 9.70. The van der Waals surface area contributed by atoms with Crippen molar-refractivity contribution < 1.29 is 14.1 Å². The van der Waals surface area contributed by atoms with Crippen LogP contribution in [-0.2, 0) is 12.0 Å². The van der Waals surface area contributed by atoms with E-state index in [1.807, 2.05) is 60.7 Å². The number of ketones is 1. The van der Waals surface area contributed by atoms with E-state index in [4.69, 9.17) is 21.5 Å². The highest BCUT2D eigenvalue weighted by Crippen LogP contribution is 2.24. The maximum absolute atomic E-state index is 13.0. The minimum absolute atomic E-state index is 0.0337. The summed E-state index contributed by atoms with van der Waals surface area (Å²) in [5.74, 6) is 1.52. The zero-order chi connectivity index (χ0) is 25.7. The third kappa shape index (κ3) is 6.14. The monoisotopic (exact) mass is 500 g/mol. The van der Waals surface area contributed by atoms with E-state index in [2.05, 4.69) is 41.5 Å². The van der Waals surface area contributed by atoms with E-state index in [-0.39, 0.29) is 17.7 Å². The van der Waals surface area contributed by atoms with Gasteiger partial charge >= 0.3 is 0 Å². The number of thiocarbonyl (C=S) groups is 1. The standard InChI is InChI=1S/C28H28N4O3S/c1-28(2,3)21-13-11-18(12-14-21)25(33)19-7-5-9-22(15-19)30-27(36)29-17-24-31-26(32-35-24)20-8-6-10-23(16-20)34-4/h5-16H,17H2,1-4H3,(H2,29,30,36). The van der Waals surface area contributed by atoms with Gasteiger partial charge in [-0.3, -0.25) is 4.79 Å². The van der Waals surface area contributed by atoms with Gasteiger partial charge in [-0.05, 0) is 47.5 Å². The van der Waals surface area contributed by atoms with Crippen molar-refractivity contribution >= 4 is 28.8 Å². The van der Waals surface area contributed by atoms with Crippen LogP contribution in [0.4, 0.5) is 5.69 Å². The lowest BCUT2D eigenvalue weighted by Crippen LogP contribution is -2.28. The topological polar surface area (TPSA) is 89.3 Å². The summed E-state index contributed by atoms with van der Waals surface area (Å²) in [4.78, 5) is 17.4. The van der Waals surface area contributed by atoms with Crippen LogP contribution in [0.1, 0.15) is 48.1 Å². The van der Waals surface area contributed by atoms with Crippen LogP contribution in [0.25, 0.3) is 11.4 Å². The van der Waals surface area contributed by atoms with Crippen molar-refractivity contribution in [1.82, 2.24) is 15.5 Å². The normalized spacial score (nSPS) is 11.1. The molecule has 0 fully saturated rings. The highest BCUT2D eigenvalue weighted by molar-refractivity contribution is 7.80. The molecule has 0 aliphatic carbocycles. The zero-order valence-electron chi connectivity index (χ0n) is 20.7. The highest BCUT2D eigenvalue weighted by atomic mass is 32.1. The number of aromatic nitrogens is 2. The lowest BCUT2D eigenvalue weighted by atomic mass is 9.86. The maximum Gasteiger partial charge on any atom is 0.246 e. The summed E-state index contributed by atoms with van der Waals surface area (Å²) in [6.07, 6.45) is 0. The first-order chi connectivity index (χ1) is 17.2. The summed E-state index contributed by atoms with van der Waals surface area (Å²) in [6, 6.07) is 22.4. The Labute approximate surface area is 215 Å². The Bertz CT molecular complexity index is 1370. The summed E-state index contributed by atoms with van der Waals surface area (Å²) < 4.78 is 10.6. The number of carbonyl (C=O) groups excluding carboxylic acids is 1. The number of rotatable bonds is 7. The maximum atomic E-state index is 13.0. The predicted octanol–water partition coefficient (Wildman–Crippen LogP) is 5.76. The number of methoxy groups -OCH3 is 1. The van der Waals surface area contributed by atoms with Crippen molar-refractivity contribution in [2.45, 2.75) is 32.7 Å². The summed E-state index contributed by atoms with van der Waals surface area (Å²) in [5, 5.41) is 10.5. The first kappa shape index (κ1) is 25.1. The number of ether oxygens (including phenoxy) is 1. The predicted molar refractivity (Wildman–Crippen MR) is 144 cm³/mol. The lowest BCUT2D eigenvalue weighted by Gasteiger charge is -2.19. The molecule has 0 radical (unpaired) electrons. The molecule has 0 amide bonds. The lowest BCUT2D eigenvalue weighted by molar-refractivity contribution is 0.103. The molecule has 4 aromatic rings. The van der Waals surface area contributed by atoms with Crippen molar-refractivity contribution in [3.63, 3.8) is 0 Å². The number of benzene rings is 3. The van der Waals surface area contributed by atoms with Crippen molar-refractivity contribution in [2.75, 3.05) is 12.4 Å². The van der Waals surface area contributed by atoms with Crippen LogP contribution >= 0.6 is 12.2 Å². The smallest absolute Gasteiger partial charge is 0.246 e. The molecule has 7 nitrogen and oxygen atoms in total. The molecule has 3 aromatic carbocycles. The first-order valence-corrected chi connectivity index (χ1v) is 11.9. The Morgan fingerprint density at radius 3 is 2.47 bits per heavy atom. The average Bonchev–Trinajstić information content (AvgIpc) is 3.36. The van der Waals surface area contributed by atoms with Crippen LogP contribution in [0.3, 0.4) is 0 Å². The molecule has 0 spiro atoms. The summed E-state index contributed by atoms with van der Waals surface area (Å²) in [6.45, 7) is 6.69.